The van der Waals surface area contributed by atoms with E-state index in [-0.39, 0.29) is 123 Å². The normalized spacial score (nSPS) is 12.3. The number of hydrogen-bond donors (Lipinski definition) is 4. The summed E-state index contributed by atoms with van der Waals surface area (Å²) in [5.74, 6) is -0.543. The van der Waals surface area contributed by atoms with E-state index >= 15 is 0 Å². The van der Waals surface area contributed by atoms with Crippen molar-refractivity contribution >= 4 is 22.2 Å². The molecule has 0 aliphatic rings. The van der Waals surface area contributed by atoms with Crippen molar-refractivity contribution in [3.8, 4) is 62.9 Å². The molecule has 16 nitrogen and oxygen atoms in total. The maximum Gasteiger partial charge on any atom is 1.00 e. The van der Waals surface area contributed by atoms with Gasteiger partial charge in [-0.05, 0) is 48.5 Å². The molecule has 4 rings (SSSR count). The quantitative estimate of drug-likeness (QED) is 0.0212. The fraction of sp³-hybridized carbons (Fsp3) is 0.250. The second-order valence-electron chi connectivity index (χ2n) is 9.47. The van der Waals surface area contributed by atoms with E-state index in [4.69, 9.17) is 14.2 Å². The Bertz CT molecular complexity index is 1740. The Morgan fingerprint density at radius 1 is 0.771 bits per heavy atom. The van der Waals surface area contributed by atoms with Gasteiger partial charge in [0.25, 0.3) is 0 Å². The SMILES string of the molecule is COc1ccc(-c2nc(-c3ccc(OCC(O)CSOO[O-])cc3O)nc(-c3ccc(OCC(O)CS(=O)(=O)[O-])cc3O)n2)cc1.[Na+].[Na+]. The molecule has 2 unspecified atom stereocenters. The maximum absolute atomic E-state index is 10.9. The third kappa shape index (κ3) is 12.6. The summed E-state index contributed by atoms with van der Waals surface area (Å²) in [6, 6.07) is 15.1. The standard InChI is InChI=1S/C28H29N3O13S2.2Na/c1-40-19-4-2-16(3-5-19)26-29-27(22-8-6-20(10-24(22)34)41-12-17(32)14-45-44-43-36)31-28(30-26)23-9-7-21(11-25(23)35)42-13-18(33)15-46(37,38)39;;/h2-11,17-18,32-36H,12-15H2,1H3,(H,37,38,39);;/q;2*+1/p-2. The van der Waals surface area contributed by atoms with Crippen molar-refractivity contribution in [2.24, 2.45) is 0 Å². The molecule has 1 heterocycles. The molecule has 0 bridgehead atoms. The summed E-state index contributed by atoms with van der Waals surface area (Å²) in [5.41, 5.74) is 0.890. The predicted octanol–water partition coefficient (Wildman–Crippen LogP) is -4.80. The van der Waals surface area contributed by atoms with Gasteiger partial charge in [0.2, 0.25) is 0 Å². The number of phenolic OH excluding ortho intramolecular Hbond substituents is 2. The van der Waals surface area contributed by atoms with Crippen molar-refractivity contribution in [1.29, 1.82) is 0 Å². The molecule has 0 fully saturated rings. The Hall–Kier alpha value is -2.27. The van der Waals surface area contributed by atoms with Crippen LogP contribution in [0.4, 0.5) is 0 Å². The van der Waals surface area contributed by atoms with E-state index in [1.54, 1.807) is 24.3 Å². The first-order valence-corrected chi connectivity index (χ1v) is 15.6. The van der Waals surface area contributed by atoms with Crippen LogP contribution in [-0.2, 0) is 19.5 Å². The first kappa shape index (κ1) is 41.9. The van der Waals surface area contributed by atoms with E-state index in [0.29, 0.717) is 23.4 Å². The number of hydrogen-bond acceptors (Lipinski definition) is 17. The maximum atomic E-state index is 10.9. The van der Waals surface area contributed by atoms with E-state index < -0.39 is 34.7 Å². The van der Waals surface area contributed by atoms with Crippen LogP contribution in [0.25, 0.3) is 34.2 Å². The fourth-order valence-corrected chi connectivity index (χ4v) is 4.82. The molecule has 48 heavy (non-hydrogen) atoms. The molecule has 0 spiro atoms. The smallest absolute Gasteiger partial charge is 0.748 e. The van der Waals surface area contributed by atoms with Gasteiger partial charge in [-0.3, -0.25) is 5.04 Å². The molecule has 0 aliphatic carbocycles. The Kier molecular flexibility index (Phi) is 17.3. The van der Waals surface area contributed by atoms with Crippen molar-refractivity contribution < 1.29 is 121 Å². The van der Waals surface area contributed by atoms with Crippen LogP contribution in [0.15, 0.2) is 60.7 Å². The van der Waals surface area contributed by atoms with Gasteiger partial charge in [-0.1, -0.05) is 0 Å². The Morgan fingerprint density at radius 3 is 1.71 bits per heavy atom. The van der Waals surface area contributed by atoms with E-state index in [1.165, 1.54) is 43.5 Å². The number of nitrogens with zero attached hydrogens (tertiary/aromatic N) is 3. The Morgan fingerprint density at radius 2 is 1.25 bits per heavy atom. The number of rotatable bonds is 16. The number of methoxy groups -OCH3 is 1. The molecule has 4 aromatic rings. The molecule has 0 amide bonds. The Balaban J connectivity index is 0.00000400. The van der Waals surface area contributed by atoms with Crippen LogP contribution < -0.4 is 78.6 Å². The minimum atomic E-state index is -4.66. The average molecular weight is 724 g/mol. The number of aliphatic hydroxyl groups excluding tert-OH is 2. The van der Waals surface area contributed by atoms with Gasteiger partial charge < -0.3 is 44.4 Å². The molecule has 0 saturated heterocycles. The second-order valence-corrected chi connectivity index (χ2v) is 11.6. The molecule has 0 aliphatic heterocycles. The van der Waals surface area contributed by atoms with Gasteiger partial charge in [-0.25, -0.2) is 23.4 Å². The summed E-state index contributed by atoms with van der Waals surface area (Å²) in [6.07, 6.45) is -2.58. The summed E-state index contributed by atoms with van der Waals surface area (Å²) in [6.45, 7) is -0.694. The zero-order valence-corrected chi connectivity index (χ0v) is 31.5. The van der Waals surface area contributed by atoms with Gasteiger partial charge in [0, 0.05) is 29.7 Å². The summed E-state index contributed by atoms with van der Waals surface area (Å²) >= 11 is 0.598. The van der Waals surface area contributed by atoms with Crippen molar-refractivity contribution in [2.45, 2.75) is 12.2 Å². The topological polar surface area (TPSA) is 246 Å². The molecular weight excluding hydrogens is 696 g/mol. The van der Waals surface area contributed by atoms with Crippen molar-refractivity contribution in [2.75, 3.05) is 31.8 Å². The predicted molar refractivity (Wildman–Crippen MR) is 158 cm³/mol. The summed E-state index contributed by atoms with van der Waals surface area (Å²) in [5, 5.41) is 54.4. The van der Waals surface area contributed by atoms with Crippen LogP contribution in [0.5, 0.6) is 28.7 Å². The average Bonchev–Trinajstić information content (AvgIpc) is 3.02. The molecular formula is C28H27N3Na2O13S2. The van der Waals surface area contributed by atoms with Crippen LogP contribution in [0.3, 0.4) is 0 Å². The number of aromatic hydroxyl groups is 2. The van der Waals surface area contributed by atoms with Gasteiger partial charge in [-0.2, -0.15) is 4.33 Å². The zero-order chi connectivity index (χ0) is 33.3. The van der Waals surface area contributed by atoms with E-state index in [0.717, 1.165) is 0 Å². The number of benzene rings is 3. The molecule has 0 saturated carbocycles. The molecule has 2 atom stereocenters. The molecule has 1 aromatic heterocycles. The summed E-state index contributed by atoms with van der Waals surface area (Å²) in [7, 11) is -3.15. The number of phenols is 2. The van der Waals surface area contributed by atoms with E-state index in [1.807, 2.05) is 0 Å². The first-order chi connectivity index (χ1) is 22.0. The number of aliphatic hydroxyl groups is 2. The van der Waals surface area contributed by atoms with Crippen molar-refractivity contribution in [3.63, 3.8) is 0 Å². The van der Waals surface area contributed by atoms with Crippen LogP contribution in [0, 0.1) is 0 Å². The van der Waals surface area contributed by atoms with Crippen LogP contribution in [-0.4, -0.2) is 92.4 Å². The first-order valence-electron chi connectivity index (χ1n) is 13.2. The minimum absolute atomic E-state index is 0. The third-order valence-electron chi connectivity index (χ3n) is 6.02. The largest absolute Gasteiger partial charge is 1.00 e. The van der Waals surface area contributed by atoms with E-state index in [9.17, 15) is 38.7 Å². The van der Waals surface area contributed by atoms with Gasteiger partial charge in [0.05, 0.1) is 46.0 Å². The number of ether oxygens (including phenoxy) is 3. The minimum Gasteiger partial charge on any atom is -0.748 e. The Labute approximate surface area is 323 Å². The molecule has 20 heteroatoms. The fourth-order valence-electron chi connectivity index (χ4n) is 3.91. The van der Waals surface area contributed by atoms with Gasteiger partial charge >= 0.3 is 59.1 Å². The second kappa shape index (κ2) is 19.8. The molecule has 4 N–H and O–H groups in total. The van der Waals surface area contributed by atoms with E-state index in [2.05, 4.69) is 24.3 Å². The van der Waals surface area contributed by atoms with Gasteiger partial charge in [0.15, 0.2) is 17.5 Å². The van der Waals surface area contributed by atoms with Crippen molar-refractivity contribution in [3.05, 3.63) is 60.7 Å². The van der Waals surface area contributed by atoms with Gasteiger partial charge in [0.1, 0.15) is 48.1 Å². The molecule has 3 aromatic carbocycles. The monoisotopic (exact) mass is 723 g/mol. The van der Waals surface area contributed by atoms with Crippen LogP contribution in [0.1, 0.15) is 0 Å². The number of aromatic nitrogens is 3. The summed E-state index contributed by atoms with van der Waals surface area (Å²) < 4.78 is 52.7. The van der Waals surface area contributed by atoms with Crippen molar-refractivity contribution in [1.82, 2.24) is 15.0 Å². The molecule has 0 radical (unpaired) electrons. The van der Waals surface area contributed by atoms with Gasteiger partial charge in [-0.15, -0.1) is 0 Å². The van der Waals surface area contributed by atoms with Crippen LogP contribution in [0.2, 0.25) is 0 Å². The third-order valence-corrected chi connectivity index (χ3v) is 7.49. The summed E-state index contributed by atoms with van der Waals surface area (Å²) in [4.78, 5) is 13.5. The van der Waals surface area contributed by atoms with Crippen LogP contribution >= 0.6 is 12.0 Å². The molecule has 246 valence electrons. The zero-order valence-electron chi connectivity index (χ0n) is 25.9.